The molecule has 17 heavy (non-hydrogen) atoms. The third-order valence-corrected chi connectivity index (χ3v) is 3.68. The standard InChI is InChI=1S/C13H23N3O/c1-3-5-11(14)13-15-12(16-17-13)10-7-4-6-9(2)8-10/h9-11H,3-8,14H2,1-2H3. The van der Waals surface area contributed by atoms with Gasteiger partial charge in [0.05, 0.1) is 6.04 Å². The van der Waals surface area contributed by atoms with Crippen LogP contribution in [0.1, 0.15) is 76.0 Å². The Balaban J connectivity index is 2.02. The Kier molecular flexibility index (Phi) is 4.15. The number of rotatable bonds is 4. The van der Waals surface area contributed by atoms with Gasteiger partial charge < -0.3 is 10.3 Å². The average Bonchev–Trinajstić information content (AvgIpc) is 2.78. The summed E-state index contributed by atoms with van der Waals surface area (Å²) in [4.78, 5) is 4.48. The number of hydrogen-bond acceptors (Lipinski definition) is 4. The lowest BCUT2D eigenvalue weighted by Gasteiger charge is -2.23. The summed E-state index contributed by atoms with van der Waals surface area (Å²) < 4.78 is 5.28. The summed E-state index contributed by atoms with van der Waals surface area (Å²) in [5.41, 5.74) is 5.98. The topological polar surface area (TPSA) is 64.9 Å². The van der Waals surface area contributed by atoms with Gasteiger partial charge in [0.2, 0.25) is 5.89 Å². The fraction of sp³-hybridized carbons (Fsp3) is 0.846. The van der Waals surface area contributed by atoms with Crippen LogP contribution in [0.3, 0.4) is 0 Å². The molecule has 0 bridgehead atoms. The number of nitrogens with two attached hydrogens (primary N) is 1. The summed E-state index contributed by atoms with van der Waals surface area (Å²) in [6.07, 6.45) is 6.92. The first-order chi connectivity index (χ1) is 8.20. The number of aromatic nitrogens is 2. The minimum atomic E-state index is -0.0951. The van der Waals surface area contributed by atoms with Crippen molar-refractivity contribution in [2.24, 2.45) is 11.7 Å². The average molecular weight is 237 g/mol. The van der Waals surface area contributed by atoms with Gasteiger partial charge in [-0.05, 0) is 25.2 Å². The molecule has 1 aromatic rings. The SMILES string of the molecule is CCCC(N)c1nc(C2CCCC(C)C2)no1. The molecule has 0 spiro atoms. The quantitative estimate of drug-likeness (QED) is 0.873. The molecule has 3 atom stereocenters. The molecule has 1 fully saturated rings. The highest BCUT2D eigenvalue weighted by Crippen LogP contribution is 2.34. The number of hydrogen-bond donors (Lipinski definition) is 1. The van der Waals surface area contributed by atoms with Crippen molar-refractivity contribution >= 4 is 0 Å². The Bertz CT molecular complexity index is 350. The second-order valence-corrected chi connectivity index (χ2v) is 5.35. The van der Waals surface area contributed by atoms with Gasteiger partial charge in [0, 0.05) is 5.92 Å². The van der Waals surface area contributed by atoms with Crippen molar-refractivity contribution in [1.29, 1.82) is 0 Å². The monoisotopic (exact) mass is 237 g/mol. The third-order valence-electron chi connectivity index (χ3n) is 3.68. The molecule has 2 N–H and O–H groups in total. The third kappa shape index (κ3) is 3.06. The maximum atomic E-state index is 5.98. The minimum absolute atomic E-state index is 0.0951. The van der Waals surface area contributed by atoms with Crippen LogP contribution in [0.5, 0.6) is 0 Å². The molecule has 1 saturated carbocycles. The van der Waals surface area contributed by atoms with Gasteiger partial charge in [0.15, 0.2) is 5.82 Å². The van der Waals surface area contributed by atoms with Crippen molar-refractivity contribution in [1.82, 2.24) is 10.1 Å². The summed E-state index contributed by atoms with van der Waals surface area (Å²) in [6.45, 7) is 4.41. The summed E-state index contributed by atoms with van der Waals surface area (Å²) in [7, 11) is 0. The Morgan fingerprint density at radius 3 is 3.00 bits per heavy atom. The van der Waals surface area contributed by atoms with E-state index in [-0.39, 0.29) is 6.04 Å². The van der Waals surface area contributed by atoms with E-state index in [0.29, 0.717) is 11.8 Å². The fourth-order valence-corrected chi connectivity index (χ4v) is 2.67. The highest BCUT2D eigenvalue weighted by molar-refractivity contribution is 4.99. The zero-order valence-electron chi connectivity index (χ0n) is 10.9. The molecule has 0 radical (unpaired) electrons. The molecule has 96 valence electrons. The molecule has 0 aromatic carbocycles. The highest BCUT2D eigenvalue weighted by atomic mass is 16.5. The predicted molar refractivity (Wildman–Crippen MR) is 66.5 cm³/mol. The van der Waals surface area contributed by atoms with Crippen LogP contribution < -0.4 is 5.73 Å². The lowest BCUT2D eigenvalue weighted by atomic mass is 9.82. The Labute approximate surface area is 103 Å². The van der Waals surface area contributed by atoms with Crippen LogP contribution in [0.15, 0.2) is 4.52 Å². The van der Waals surface area contributed by atoms with E-state index in [1.807, 2.05) is 0 Å². The molecule has 1 aromatic heterocycles. The van der Waals surface area contributed by atoms with E-state index >= 15 is 0 Å². The zero-order valence-corrected chi connectivity index (χ0v) is 10.9. The van der Waals surface area contributed by atoms with Crippen LogP contribution in [0.4, 0.5) is 0 Å². The maximum absolute atomic E-state index is 5.98. The first-order valence-electron chi connectivity index (χ1n) is 6.79. The molecule has 4 nitrogen and oxygen atoms in total. The van der Waals surface area contributed by atoms with Gasteiger partial charge in [0.1, 0.15) is 0 Å². The summed E-state index contributed by atoms with van der Waals surface area (Å²) in [6, 6.07) is -0.0951. The predicted octanol–water partition coefficient (Wildman–Crippen LogP) is 3.16. The van der Waals surface area contributed by atoms with Gasteiger partial charge >= 0.3 is 0 Å². The first-order valence-corrected chi connectivity index (χ1v) is 6.79. The van der Waals surface area contributed by atoms with E-state index in [9.17, 15) is 0 Å². The second kappa shape index (κ2) is 5.63. The van der Waals surface area contributed by atoms with Crippen molar-refractivity contribution in [2.75, 3.05) is 0 Å². The Hall–Kier alpha value is -0.900. The van der Waals surface area contributed by atoms with Gasteiger partial charge in [-0.2, -0.15) is 4.98 Å². The normalized spacial score (nSPS) is 27.0. The van der Waals surface area contributed by atoms with Gasteiger partial charge in [-0.15, -0.1) is 0 Å². The molecule has 0 saturated heterocycles. The smallest absolute Gasteiger partial charge is 0.243 e. The molecule has 0 aliphatic heterocycles. The van der Waals surface area contributed by atoms with E-state index in [1.165, 1.54) is 25.7 Å². The molecule has 4 heteroatoms. The Morgan fingerprint density at radius 2 is 2.29 bits per heavy atom. The molecule has 2 rings (SSSR count). The lowest BCUT2D eigenvalue weighted by Crippen LogP contribution is -2.14. The van der Waals surface area contributed by atoms with Crippen molar-refractivity contribution in [3.05, 3.63) is 11.7 Å². The number of nitrogens with zero attached hydrogens (tertiary/aromatic N) is 2. The second-order valence-electron chi connectivity index (χ2n) is 5.35. The van der Waals surface area contributed by atoms with Crippen molar-refractivity contribution < 1.29 is 4.52 Å². The van der Waals surface area contributed by atoms with E-state index < -0.39 is 0 Å². The summed E-state index contributed by atoms with van der Waals surface area (Å²) >= 11 is 0. The molecule has 0 amide bonds. The fourth-order valence-electron chi connectivity index (χ4n) is 2.67. The van der Waals surface area contributed by atoms with E-state index in [2.05, 4.69) is 24.0 Å². The van der Waals surface area contributed by atoms with Crippen molar-refractivity contribution in [2.45, 2.75) is 64.3 Å². The van der Waals surface area contributed by atoms with Crippen LogP contribution in [0, 0.1) is 5.92 Å². The summed E-state index contributed by atoms with van der Waals surface area (Å²) in [5, 5.41) is 4.11. The summed E-state index contributed by atoms with van der Waals surface area (Å²) in [5.74, 6) is 2.74. The first kappa shape index (κ1) is 12.6. The van der Waals surface area contributed by atoms with Crippen LogP contribution >= 0.6 is 0 Å². The molecular formula is C13H23N3O. The van der Waals surface area contributed by atoms with Crippen molar-refractivity contribution in [3.8, 4) is 0 Å². The van der Waals surface area contributed by atoms with Gasteiger partial charge in [0.25, 0.3) is 0 Å². The molecule has 1 aliphatic rings. The Morgan fingerprint density at radius 1 is 1.47 bits per heavy atom. The minimum Gasteiger partial charge on any atom is -0.338 e. The molecular weight excluding hydrogens is 214 g/mol. The van der Waals surface area contributed by atoms with E-state index in [1.54, 1.807) is 0 Å². The van der Waals surface area contributed by atoms with E-state index in [4.69, 9.17) is 10.3 Å². The molecule has 3 unspecified atom stereocenters. The van der Waals surface area contributed by atoms with Gasteiger partial charge in [-0.25, -0.2) is 0 Å². The van der Waals surface area contributed by atoms with Crippen LogP contribution in [0.2, 0.25) is 0 Å². The maximum Gasteiger partial charge on any atom is 0.243 e. The van der Waals surface area contributed by atoms with Crippen molar-refractivity contribution in [3.63, 3.8) is 0 Å². The van der Waals surface area contributed by atoms with Crippen LogP contribution in [0.25, 0.3) is 0 Å². The van der Waals surface area contributed by atoms with Gasteiger partial charge in [-0.3, -0.25) is 0 Å². The van der Waals surface area contributed by atoms with Crippen LogP contribution in [-0.2, 0) is 0 Å². The largest absolute Gasteiger partial charge is 0.338 e. The highest BCUT2D eigenvalue weighted by Gasteiger charge is 2.25. The molecule has 1 aliphatic carbocycles. The van der Waals surface area contributed by atoms with E-state index in [0.717, 1.165) is 24.6 Å². The van der Waals surface area contributed by atoms with Gasteiger partial charge in [-0.1, -0.05) is 38.3 Å². The molecule has 1 heterocycles. The lowest BCUT2D eigenvalue weighted by molar-refractivity contribution is 0.314. The van der Waals surface area contributed by atoms with Crippen LogP contribution in [-0.4, -0.2) is 10.1 Å². The zero-order chi connectivity index (χ0) is 12.3.